The number of hydrogen-bond donors (Lipinski definition) is 0. The van der Waals surface area contributed by atoms with Crippen LogP contribution in [0.2, 0.25) is 0 Å². The van der Waals surface area contributed by atoms with Gasteiger partial charge in [-0.25, -0.2) is 14.1 Å². The fraction of sp³-hybridized carbons (Fsp3) is 0.171. The van der Waals surface area contributed by atoms with Crippen molar-refractivity contribution in [1.29, 1.82) is 0 Å². The molecule has 2 amide bonds. The van der Waals surface area contributed by atoms with Crippen LogP contribution in [0.1, 0.15) is 22.6 Å². The van der Waals surface area contributed by atoms with E-state index < -0.39 is 18.1 Å². The Bertz CT molecular complexity index is 1740. The van der Waals surface area contributed by atoms with Crippen LogP contribution >= 0.6 is 0 Å². The van der Waals surface area contributed by atoms with Gasteiger partial charge in [0.25, 0.3) is 0 Å². The minimum Gasteiger partial charge on any atom is -0.497 e. The zero-order chi connectivity index (χ0) is 29.1. The Morgan fingerprint density at radius 3 is 2.55 bits per heavy atom. The lowest BCUT2D eigenvalue weighted by molar-refractivity contribution is -0.130. The maximum absolute atomic E-state index is 14.2. The number of benzene rings is 4. The summed E-state index contributed by atoms with van der Waals surface area (Å²) in [7, 11) is 1.60. The van der Waals surface area contributed by atoms with Crippen molar-refractivity contribution in [2.45, 2.75) is 24.8 Å². The van der Waals surface area contributed by atoms with Crippen molar-refractivity contribution in [3.05, 3.63) is 132 Å². The summed E-state index contributed by atoms with van der Waals surface area (Å²) in [6.45, 7) is 0.149. The normalized spacial score (nSPS) is 15.4. The summed E-state index contributed by atoms with van der Waals surface area (Å²) < 4.78 is 24.9. The first-order valence-electron chi connectivity index (χ1n) is 13.8. The summed E-state index contributed by atoms with van der Waals surface area (Å²) in [5, 5.41) is 0.706. The van der Waals surface area contributed by atoms with Gasteiger partial charge in [0.15, 0.2) is 0 Å². The second kappa shape index (κ2) is 11.8. The Morgan fingerprint density at radius 2 is 1.76 bits per heavy atom. The number of carbonyl (C=O) groups excluding carboxylic acids is 2. The summed E-state index contributed by atoms with van der Waals surface area (Å²) >= 11 is 0. The van der Waals surface area contributed by atoms with Crippen LogP contribution in [-0.2, 0) is 22.4 Å². The molecule has 0 saturated carbocycles. The first-order valence-corrected chi connectivity index (χ1v) is 13.8. The van der Waals surface area contributed by atoms with Crippen molar-refractivity contribution < 1.29 is 23.5 Å². The standard InChI is InChI=1S/C35H29FN2O4/c1-41-29-9-5-8-24(19-29)20-31(34(39)38-28(22-42-35(38)40)18-23-6-3-2-4-7-23)26-12-10-25(11-13-26)30-16-17-37-33-15-14-27(36)21-32(30)33/h2-17,19,21,28,31H,18,20,22H2,1H3/t28-,31-/m1/s1. The maximum Gasteiger partial charge on any atom is 0.417 e. The number of halogens is 1. The zero-order valence-electron chi connectivity index (χ0n) is 23.1. The van der Waals surface area contributed by atoms with Crippen LogP contribution in [-0.4, -0.2) is 41.6 Å². The number of pyridine rings is 1. The highest BCUT2D eigenvalue weighted by Gasteiger charge is 2.41. The summed E-state index contributed by atoms with van der Waals surface area (Å²) in [5.41, 5.74) is 5.09. The Kier molecular flexibility index (Phi) is 7.64. The molecule has 6 rings (SSSR count). The van der Waals surface area contributed by atoms with E-state index in [1.165, 1.54) is 17.0 Å². The van der Waals surface area contributed by atoms with Gasteiger partial charge in [-0.05, 0) is 77.1 Å². The number of ether oxygens (including phenoxy) is 2. The molecule has 1 aromatic heterocycles. The third-order valence-corrected chi connectivity index (χ3v) is 7.71. The lowest BCUT2D eigenvalue weighted by atomic mass is 9.88. The van der Waals surface area contributed by atoms with Gasteiger partial charge in [0.1, 0.15) is 18.2 Å². The molecule has 6 nitrogen and oxygen atoms in total. The Morgan fingerprint density at radius 1 is 0.976 bits per heavy atom. The Balaban J connectivity index is 1.35. The first kappa shape index (κ1) is 27.1. The van der Waals surface area contributed by atoms with Crippen molar-refractivity contribution in [3.8, 4) is 16.9 Å². The van der Waals surface area contributed by atoms with Crippen molar-refractivity contribution in [1.82, 2.24) is 9.88 Å². The van der Waals surface area contributed by atoms with Gasteiger partial charge in [-0.3, -0.25) is 9.78 Å². The third kappa shape index (κ3) is 5.59. The predicted octanol–water partition coefficient (Wildman–Crippen LogP) is 6.97. The topological polar surface area (TPSA) is 68.7 Å². The Labute approximate surface area is 243 Å². The van der Waals surface area contributed by atoms with E-state index in [0.717, 1.165) is 27.8 Å². The smallest absolute Gasteiger partial charge is 0.417 e. The molecule has 1 fully saturated rings. The van der Waals surface area contributed by atoms with Crippen LogP contribution in [0, 0.1) is 5.82 Å². The molecule has 0 unspecified atom stereocenters. The van der Waals surface area contributed by atoms with E-state index in [1.807, 2.05) is 84.9 Å². The minimum absolute atomic E-state index is 0.149. The molecule has 0 N–H and O–H groups in total. The number of aromatic nitrogens is 1. The number of hydrogen-bond acceptors (Lipinski definition) is 5. The molecule has 1 aliphatic heterocycles. The molecule has 2 heterocycles. The van der Waals surface area contributed by atoms with Crippen LogP contribution < -0.4 is 4.74 Å². The van der Waals surface area contributed by atoms with Gasteiger partial charge in [0.05, 0.1) is 24.6 Å². The molecule has 2 atom stereocenters. The van der Waals surface area contributed by atoms with Crippen LogP contribution in [0.15, 0.2) is 109 Å². The average Bonchev–Trinajstić information content (AvgIpc) is 3.39. The molecule has 1 aliphatic rings. The number of rotatable bonds is 8. The molecule has 210 valence electrons. The van der Waals surface area contributed by atoms with Crippen molar-refractivity contribution in [2.24, 2.45) is 0 Å². The van der Waals surface area contributed by atoms with Crippen LogP contribution in [0.25, 0.3) is 22.0 Å². The average molecular weight is 561 g/mol. The lowest BCUT2D eigenvalue weighted by Crippen LogP contribution is -2.43. The molecule has 0 radical (unpaired) electrons. The van der Waals surface area contributed by atoms with E-state index in [2.05, 4.69) is 4.98 Å². The highest BCUT2D eigenvalue weighted by Crippen LogP contribution is 2.33. The number of cyclic esters (lactones) is 1. The lowest BCUT2D eigenvalue weighted by Gasteiger charge is -2.26. The first-order chi connectivity index (χ1) is 20.5. The second-order valence-electron chi connectivity index (χ2n) is 10.4. The van der Waals surface area contributed by atoms with Gasteiger partial charge in [0, 0.05) is 11.6 Å². The number of amides is 2. The summed E-state index contributed by atoms with van der Waals surface area (Å²) in [6.07, 6.45) is 1.94. The van der Waals surface area contributed by atoms with Crippen LogP contribution in [0.4, 0.5) is 9.18 Å². The summed E-state index contributed by atoms with van der Waals surface area (Å²) in [4.78, 5) is 32.8. The number of imide groups is 1. The molecular weight excluding hydrogens is 531 g/mol. The fourth-order valence-corrected chi connectivity index (χ4v) is 5.58. The summed E-state index contributed by atoms with van der Waals surface area (Å²) in [6, 6.07) is 31.0. The number of fused-ring (bicyclic) bond motifs is 1. The fourth-order valence-electron chi connectivity index (χ4n) is 5.58. The third-order valence-electron chi connectivity index (χ3n) is 7.71. The summed E-state index contributed by atoms with van der Waals surface area (Å²) in [5.74, 6) is -0.611. The molecule has 7 heteroatoms. The zero-order valence-corrected chi connectivity index (χ0v) is 23.1. The van der Waals surface area contributed by atoms with Crippen molar-refractivity contribution in [2.75, 3.05) is 13.7 Å². The molecule has 1 saturated heterocycles. The van der Waals surface area contributed by atoms with E-state index in [1.54, 1.807) is 19.4 Å². The molecule has 5 aromatic rings. The number of nitrogens with zero attached hydrogens (tertiary/aromatic N) is 2. The largest absolute Gasteiger partial charge is 0.497 e. The number of methoxy groups -OCH3 is 1. The highest BCUT2D eigenvalue weighted by molar-refractivity contribution is 5.98. The van der Waals surface area contributed by atoms with Gasteiger partial charge >= 0.3 is 6.09 Å². The molecular formula is C35H29FN2O4. The quantitative estimate of drug-likeness (QED) is 0.205. The van der Waals surface area contributed by atoms with E-state index in [-0.39, 0.29) is 18.3 Å². The van der Waals surface area contributed by atoms with E-state index in [4.69, 9.17) is 9.47 Å². The van der Waals surface area contributed by atoms with E-state index in [9.17, 15) is 14.0 Å². The molecule has 4 aromatic carbocycles. The molecule has 0 spiro atoms. The van der Waals surface area contributed by atoms with E-state index >= 15 is 0 Å². The van der Waals surface area contributed by atoms with Crippen molar-refractivity contribution in [3.63, 3.8) is 0 Å². The van der Waals surface area contributed by atoms with Gasteiger partial charge in [-0.15, -0.1) is 0 Å². The number of carbonyl (C=O) groups is 2. The minimum atomic E-state index is -0.651. The molecule has 0 aliphatic carbocycles. The highest BCUT2D eigenvalue weighted by atomic mass is 19.1. The monoisotopic (exact) mass is 560 g/mol. The maximum atomic E-state index is 14.2. The predicted molar refractivity (Wildman–Crippen MR) is 159 cm³/mol. The van der Waals surface area contributed by atoms with Gasteiger partial charge in [0.2, 0.25) is 5.91 Å². The second-order valence-corrected chi connectivity index (χ2v) is 10.4. The van der Waals surface area contributed by atoms with Gasteiger partial charge in [-0.1, -0.05) is 66.7 Å². The molecule has 0 bridgehead atoms. The van der Waals surface area contributed by atoms with Crippen LogP contribution in [0.3, 0.4) is 0 Å². The SMILES string of the molecule is COc1cccc(C[C@@H](C(=O)N2C(=O)OC[C@H]2Cc2ccccc2)c2ccc(-c3ccnc4ccc(F)cc34)cc2)c1. The van der Waals surface area contributed by atoms with Gasteiger partial charge < -0.3 is 9.47 Å². The Hall–Kier alpha value is -5.04. The van der Waals surface area contributed by atoms with Gasteiger partial charge in [-0.2, -0.15) is 0 Å². The van der Waals surface area contributed by atoms with Crippen LogP contribution in [0.5, 0.6) is 5.75 Å². The van der Waals surface area contributed by atoms with Crippen molar-refractivity contribution >= 4 is 22.9 Å². The molecule has 42 heavy (non-hydrogen) atoms. The van der Waals surface area contributed by atoms with E-state index in [0.29, 0.717) is 29.5 Å².